The Hall–Kier alpha value is -5.64. The molecule has 238 valence electrons. The SMILES string of the molecule is O=C(CC(=O)c1cc(Cc2ccc(F)cc2)cn(Cc2ccccc2F)c1=O)C(=O)N1CCN(c2ccc(-n3cccc3)cc2)CC1. The van der Waals surface area contributed by atoms with Gasteiger partial charge >= 0.3 is 0 Å². The molecule has 0 atom stereocenters. The van der Waals surface area contributed by atoms with Crippen molar-refractivity contribution in [1.82, 2.24) is 14.0 Å². The van der Waals surface area contributed by atoms with Crippen molar-refractivity contribution in [1.29, 1.82) is 0 Å². The highest BCUT2D eigenvalue weighted by atomic mass is 19.1. The summed E-state index contributed by atoms with van der Waals surface area (Å²) in [5.74, 6) is -3.37. The fourth-order valence-electron chi connectivity index (χ4n) is 5.76. The summed E-state index contributed by atoms with van der Waals surface area (Å²) in [6, 6.07) is 25.1. The Bertz CT molecular complexity index is 1960. The number of rotatable bonds is 10. The zero-order valence-electron chi connectivity index (χ0n) is 25.5. The molecule has 0 aliphatic carbocycles. The van der Waals surface area contributed by atoms with Crippen LogP contribution in [0, 0.1) is 11.6 Å². The van der Waals surface area contributed by atoms with Gasteiger partial charge in [-0.15, -0.1) is 0 Å². The lowest BCUT2D eigenvalue weighted by molar-refractivity contribution is -0.144. The highest BCUT2D eigenvalue weighted by molar-refractivity contribution is 6.40. The normalized spacial score (nSPS) is 13.1. The summed E-state index contributed by atoms with van der Waals surface area (Å²) in [7, 11) is 0. The van der Waals surface area contributed by atoms with E-state index >= 15 is 0 Å². The van der Waals surface area contributed by atoms with Gasteiger partial charge < -0.3 is 18.9 Å². The van der Waals surface area contributed by atoms with Gasteiger partial charge in [-0.05, 0) is 78.2 Å². The molecule has 0 radical (unpaired) electrons. The number of pyridine rings is 1. The van der Waals surface area contributed by atoms with E-state index in [2.05, 4.69) is 4.90 Å². The number of carbonyl (C=O) groups excluding carboxylic acids is 3. The van der Waals surface area contributed by atoms with E-state index in [1.807, 2.05) is 53.4 Å². The first kappa shape index (κ1) is 31.3. The second-order valence-electron chi connectivity index (χ2n) is 11.5. The lowest BCUT2D eigenvalue weighted by Gasteiger charge is -2.35. The number of ketones is 2. The number of Topliss-reactive ketones (excluding diaryl/α,β-unsaturated/α-hetero) is 2. The van der Waals surface area contributed by atoms with E-state index in [1.165, 1.54) is 52.1 Å². The number of hydrogen-bond donors (Lipinski definition) is 0. The molecule has 6 rings (SSSR count). The molecule has 47 heavy (non-hydrogen) atoms. The van der Waals surface area contributed by atoms with Crippen molar-refractivity contribution in [2.24, 2.45) is 0 Å². The van der Waals surface area contributed by atoms with Crippen LogP contribution in [0.4, 0.5) is 14.5 Å². The van der Waals surface area contributed by atoms with Crippen LogP contribution in [0.1, 0.15) is 33.5 Å². The Kier molecular flexibility index (Phi) is 9.19. The molecule has 1 fully saturated rings. The predicted molar refractivity (Wildman–Crippen MR) is 174 cm³/mol. The molecule has 1 saturated heterocycles. The maximum Gasteiger partial charge on any atom is 0.290 e. The number of carbonyl (C=O) groups is 3. The van der Waals surface area contributed by atoms with E-state index in [1.54, 1.807) is 18.2 Å². The molecule has 3 aromatic carbocycles. The third-order valence-corrected chi connectivity index (χ3v) is 8.31. The van der Waals surface area contributed by atoms with Gasteiger partial charge in [0.25, 0.3) is 11.5 Å². The standard InChI is InChI=1S/C37H32F2N4O4/c38-29-9-7-26(8-10-29)21-27-22-32(36(46)43(24-27)25-28-5-1-2-6-33(28)39)34(44)23-35(45)37(47)42-19-17-41(18-20-42)31-13-11-30(12-14-31)40-15-3-4-16-40/h1-16,22,24H,17-21,23,25H2. The van der Waals surface area contributed by atoms with E-state index in [9.17, 15) is 28.0 Å². The van der Waals surface area contributed by atoms with Crippen molar-refractivity contribution in [3.05, 3.63) is 154 Å². The van der Waals surface area contributed by atoms with Crippen LogP contribution >= 0.6 is 0 Å². The van der Waals surface area contributed by atoms with Gasteiger partial charge in [-0.2, -0.15) is 0 Å². The van der Waals surface area contributed by atoms with Gasteiger partial charge in [0.15, 0.2) is 5.78 Å². The Morgan fingerprint density at radius 3 is 2.06 bits per heavy atom. The molecule has 0 spiro atoms. The van der Waals surface area contributed by atoms with Crippen LogP contribution in [0.25, 0.3) is 5.69 Å². The first-order chi connectivity index (χ1) is 22.7. The Morgan fingerprint density at radius 1 is 0.723 bits per heavy atom. The average molecular weight is 635 g/mol. The van der Waals surface area contributed by atoms with E-state index in [-0.39, 0.29) is 24.1 Å². The lowest BCUT2D eigenvalue weighted by atomic mass is 10.0. The van der Waals surface area contributed by atoms with Gasteiger partial charge in [0.05, 0.1) is 18.5 Å². The molecule has 3 heterocycles. The highest BCUT2D eigenvalue weighted by Gasteiger charge is 2.29. The summed E-state index contributed by atoms with van der Waals surface area (Å²) < 4.78 is 31.2. The number of piperazine rings is 1. The Morgan fingerprint density at radius 2 is 1.38 bits per heavy atom. The summed E-state index contributed by atoms with van der Waals surface area (Å²) >= 11 is 0. The van der Waals surface area contributed by atoms with E-state index < -0.39 is 41.1 Å². The van der Waals surface area contributed by atoms with E-state index in [0.29, 0.717) is 31.7 Å². The minimum atomic E-state index is -0.900. The van der Waals surface area contributed by atoms with Crippen molar-refractivity contribution in [3.8, 4) is 5.69 Å². The smallest absolute Gasteiger partial charge is 0.290 e. The number of anilines is 1. The summed E-state index contributed by atoms with van der Waals surface area (Å²) in [6.07, 6.45) is 4.94. The van der Waals surface area contributed by atoms with Crippen molar-refractivity contribution in [3.63, 3.8) is 0 Å². The molecular formula is C37H32F2N4O4. The van der Waals surface area contributed by atoms with Crippen LogP contribution in [0.5, 0.6) is 0 Å². The first-order valence-electron chi connectivity index (χ1n) is 15.3. The molecule has 1 amide bonds. The third-order valence-electron chi connectivity index (χ3n) is 8.31. The molecule has 2 aromatic heterocycles. The van der Waals surface area contributed by atoms with Crippen molar-refractivity contribution < 1.29 is 23.2 Å². The van der Waals surface area contributed by atoms with Crippen LogP contribution in [-0.4, -0.2) is 57.7 Å². The molecule has 0 bridgehead atoms. The fraction of sp³-hybridized carbons (Fsp3) is 0.189. The Balaban J connectivity index is 1.14. The Labute approximate surface area is 270 Å². The van der Waals surface area contributed by atoms with Gasteiger partial charge in [0, 0.05) is 61.7 Å². The van der Waals surface area contributed by atoms with Crippen molar-refractivity contribution >= 4 is 23.2 Å². The number of hydrogen-bond acceptors (Lipinski definition) is 5. The minimum absolute atomic E-state index is 0.144. The second kappa shape index (κ2) is 13.8. The third kappa shape index (κ3) is 7.27. The molecule has 5 aromatic rings. The molecule has 10 heteroatoms. The average Bonchev–Trinajstić information content (AvgIpc) is 3.63. The van der Waals surface area contributed by atoms with Gasteiger partial charge in [-0.1, -0.05) is 30.3 Å². The van der Waals surface area contributed by atoms with Gasteiger partial charge in [0.1, 0.15) is 11.6 Å². The first-order valence-corrected chi connectivity index (χ1v) is 15.3. The number of benzene rings is 3. The molecule has 1 aliphatic rings. The zero-order valence-corrected chi connectivity index (χ0v) is 25.5. The number of nitrogens with zero attached hydrogens (tertiary/aromatic N) is 4. The van der Waals surface area contributed by atoms with Crippen LogP contribution in [-0.2, 0) is 22.6 Å². The van der Waals surface area contributed by atoms with Crippen LogP contribution in [0.15, 0.2) is 114 Å². The molecule has 0 unspecified atom stereocenters. The summed E-state index contributed by atoms with van der Waals surface area (Å²) in [5, 5.41) is 0. The van der Waals surface area contributed by atoms with E-state index in [4.69, 9.17) is 0 Å². The molecular weight excluding hydrogens is 602 g/mol. The van der Waals surface area contributed by atoms with Crippen LogP contribution in [0.2, 0.25) is 0 Å². The van der Waals surface area contributed by atoms with Crippen molar-refractivity contribution in [2.45, 2.75) is 19.4 Å². The maximum atomic E-state index is 14.5. The van der Waals surface area contributed by atoms with Crippen molar-refractivity contribution in [2.75, 3.05) is 31.1 Å². The topological polar surface area (TPSA) is 84.6 Å². The summed E-state index contributed by atoms with van der Waals surface area (Å²) in [6.45, 7) is 1.50. The molecule has 0 saturated carbocycles. The predicted octanol–water partition coefficient (Wildman–Crippen LogP) is 5.05. The lowest BCUT2D eigenvalue weighted by Crippen LogP contribution is -2.51. The number of amides is 1. The van der Waals surface area contributed by atoms with Gasteiger partial charge in [-0.3, -0.25) is 19.2 Å². The summed E-state index contributed by atoms with van der Waals surface area (Å²) in [4.78, 5) is 56.5. The van der Waals surface area contributed by atoms with Gasteiger partial charge in [-0.25, -0.2) is 8.78 Å². The largest absolute Gasteiger partial charge is 0.368 e. The fourth-order valence-corrected chi connectivity index (χ4v) is 5.76. The molecule has 0 N–H and O–H groups in total. The highest BCUT2D eigenvalue weighted by Crippen LogP contribution is 2.20. The zero-order chi connectivity index (χ0) is 32.9. The van der Waals surface area contributed by atoms with Gasteiger partial charge in [0.2, 0.25) is 5.78 Å². The van der Waals surface area contributed by atoms with E-state index in [0.717, 1.165) is 16.9 Å². The maximum absolute atomic E-state index is 14.5. The number of aromatic nitrogens is 2. The molecule has 1 aliphatic heterocycles. The molecule has 8 nitrogen and oxygen atoms in total. The number of halogens is 2. The van der Waals surface area contributed by atoms with Crippen LogP contribution < -0.4 is 10.5 Å². The summed E-state index contributed by atoms with van der Waals surface area (Å²) in [5.41, 5.74) is 2.57. The van der Waals surface area contributed by atoms with Crippen LogP contribution in [0.3, 0.4) is 0 Å². The quantitative estimate of drug-likeness (QED) is 0.122. The monoisotopic (exact) mass is 634 g/mol. The second-order valence-corrected chi connectivity index (χ2v) is 11.5. The minimum Gasteiger partial charge on any atom is -0.368 e.